The third-order valence-corrected chi connectivity index (χ3v) is 4.15. The fourth-order valence-corrected chi connectivity index (χ4v) is 2.93. The molecule has 0 spiro atoms. The summed E-state index contributed by atoms with van der Waals surface area (Å²) in [5.41, 5.74) is 0.711. The van der Waals surface area contributed by atoms with Crippen LogP contribution in [0.1, 0.15) is 62.4 Å². The first kappa shape index (κ1) is 16.0. The lowest BCUT2D eigenvalue weighted by Gasteiger charge is -2.35. The fourth-order valence-electron chi connectivity index (χ4n) is 2.93. The zero-order valence-corrected chi connectivity index (χ0v) is 13.4. The third-order valence-electron chi connectivity index (χ3n) is 4.15. The van der Waals surface area contributed by atoms with Gasteiger partial charge in [0.15, 0.2) is 0 Å². The number of likely N-dealkylation sites (tertiary alicyclic amines) is 1. The molecule has 2 heterocycles. The minimum Gasteiger partial charge on any atom is -0.385 e. The van der Waals surface area contributed by atoms with Crippen LogP contribution >= 0.6 is 0 Å². The molecule has 1 atom stereocenters. The summed E-state index contributed by atoms with van der Waals surface area (Å²) < 4.78 is 6.97. The van der Waals surface area contributed by atoms with Crippen LogP contribution in [0.15, 0.2) is 12.4 Å². The van der Waals surface area contributed by atoms with Gasteiger partial charge in [0.1, 0.15) is 0 Å². The van der Waals surface area contributed by atoms with Crippen LogP contribution in [0.25, 0.3) is 0 Å². The monoisotopic (exact) mass is 293 g/mol. The van der Waals surface area contributed by atoms with E-state index in [4.69, 9.17) is 4.74 Å². The van der Waals surface area contributed by atoms with Crippen LogP contribution in [-0.2, 0) is 4.74 Å². The predicted molar refractivity (Wildman–Crippen MR) is 82.4 cm³/mol. The second-order valence-electron chi connectivity index (χ2n) is 6.09. The van der Waals surface area contributed by atoms with Gasteiger partial charge in [0, 0.05) is 38.5 Å². The average Bonchev–Trinajstić information content (AvgIpc) is 2.97. The van der Waals surface area contributed by atoms with Crippen molar-refractivity contribution in [3.63, 3.8) is 0 Å². The van der Waals surface area contributed by atoms with Crippen molar-refractivity contribution in [2.75, 3.05) is 20.3 Å². The van der Waals surface area contributed by atoms with Crippen molar-refractivity contribution in [3.8, 4) is 0 Å². The van der Waals surface area contributed by atoms with Crippen molar-refractivity contribution in [2.45, 2.75) is 58.0 Å². The number of ether oxygens (including phenoxy) is 1. The first-order valence-electron chi connectivity index (χ1n) is 7.97. The van der Waals surface area contributed by atoms with Crippen molar-refractivity contribution in [1.29, 1.82) is 0 Å². The molecule has 1 aliphatic heterocycles. The summed E-state index contributed by atoms with van der Waals surface area (Å²) in [6, 6.07) is 0.634. The summed E-state index contributed by atoms with van der Waals surface area (Å²) in [7, 11) is 1.73. The molecule has 0 aliphatic carbocycles. The molecule has 0 radical (unpaired) electrons. The molecule has 1 aromatic rings. The Kier molecular flexibility index (Phi) is 5.79. The second-order valence-corrected chi connectivity index (χ2v) is 6.09. The lowest BCUT2D eigenvalue weighted by molar-refractivity contribution is 0.0585. The number of amides is 1. The number of hydrogen-bond acceptors (Lipinski definition) is 3. The van der Waals surface area contributed by atoms with Gasteiger partial charge in [-0.15, -0.1) is 0 Å². The summed E-state index contributed by atoms with van der Waals surface area (Å²) in [5.74, 6) is 0.129. The maximum atomic E-state index is 12.7. The summed E-state index contributed by atoms with van der Waals surface area (Å²) in [6.45, 7) is 5.76. The van der Waals surface area contributed by atoms with Crippen molar-refractivity contribution in [1.82, 2.24) is 14.7 Å². The van der Waals surface area contributed by atoms with Crippen LogP contribution in [-0.4, -0.2) is 46.9 Å². The van der Waals surface area contributed by atoms with E-state index in [9.17, 15) is 4.79 Å². The van der Waals surface area contributed by atoms with Gasteiger partial charge in [0.05, 0.1) is 11.8 Å². The van der Waals surface area contributed by atoms with E-state index in [0.717, 1.165) is 38.8 Å². The van der Waals surface area contributed by atoms with Crippen molar-refractivity contribution >= 4 is 5.91 Å². The standard InChI is InChI=1S/C16H27N3O2/c1-13(2)19-12-14(11-17-19)16(20)18-9-5-4-7-15(18)8-6-10-21-3/h11-13,15H,4-10H2,1-3H3/t15-/m1/s1. The summed E-state index contributed by atoms with van der Waals surface area (Å²) in [6.07, 6.45) is 9.02. The van der Waals surface area contributed by atoms with E-state index in [-0.39, 0.29) is 11.9 Å². The quantitative estimate of drug-likeness (QED) is 0.758. The summed E-state index contributed by atoms with van der Waals surface area (Å²) in [5, 5.41) is 4.28. The van der Waals surface area contributed by atoms with Crippen LogP contribution in [0.5, 0.6) is 0 Å². The van der Waals surface area contributed by atoms with Crippen LogP contribution in [0.4, 0.5) is 0 Å². The average molecular weight is 293 g/mol. The molecule has 118 valence electrons. The highest BCUT2D eigenvalue weighted by Gasteiger charge is 2.27. The number of methoxy groups -OCH3 is 1. The minimum absolute atomic E-state index is 0.129. The van der Waals surface area contributed by atoms with Gasteiger partial charge in [-0.25, -0.2) is 0 Å². The highest BCUT2D eigenvalue weighted by atomic mass is 16.5. The van der Waals surface area contributed by atoms with E-state index in [1.807, 2.05) is 15.8 Å². The van der Waals surface area contributed by atoms with E-state index >= 15 is 0 Å². The maximum Gasteiger partial charge on any atom is 0.257 e. The molecule has 0 saturated carbocycles. The fraction of sp³-hybridized carbons (Fsp3) is 0.750. The number of carbonyl (C=O) groups is 1. The molecular weight excluding hydrogens is 266 g/mol. The molecule has 1 amide bonds. The number of hydrogen-bond donors (Lipinski definition) is 0. The van der Waals surface area contributed by atoms with Crippen LogP contribution in [0.2, 0.25) is 0 Å². The Morgan fingerprint density at radius 2 is 2.29 bits per heavy atom. The van der Waals surface area contributed by atoms with Crippen molar-refractivity contribution in [3.05, 3.63) is 18.0 Å². The topological polar surface area (TPSA) is 47.4 Å². The Bertz CT molecular complexity index is 456. The van der Waals surface area contributed by atoms with Gasteiger partial charge in [-0.2, -0.15) is 5.10 Å². The Hall–Kier alpha value is -1.36. The maximum absolute atomic E-state index is 12.7. The van der Waals surface area contributed by atoms with E-state index < -0.39 is 0 Å². The minimum atomic E-state index is 0.129. The number of aromatic nitrogens is 2. The lowest BCUT2D eigenvalue weighted by atomic mass is 9.97. The largest absolute Gasteiger partial charge is 0.385 e. The first-order chi connectivity index (χ1) is 10.1. The van der Waals surface area contributed by atoms with Gasteiger partial charge in [-0.05, 0) is 46.0 Å². The van der Waals surface area contributed by atoms with Gasteiger partial charge in [0.25, 0.3) is 5.91 Å². The second kappa shape index (κ2) is 7.59. The van der Waals surface area contributed by atoms with E-state index in [2.05, 4.69) is 18.9 Å². The molecule has 1 saturated heterocycles. The van der Waals surface area contributed by atoms with Gasteiger partial charge < -0.3 is 9.64 Å². The third kappa shape index (κ3) is 4.06. The lowest BCUT2D eigenvalue weighted by Crippen LogP contribution is -2.43. The van der Waals surface area contributed by atoms with Crippen molar-refractivity contribution in [2.24, 2.45) is 0 Å². The van der Waals surface area contributed by atoms with Gasteiger partial charge in [-0.3, -0.25) is 9.48 Å². The Labute approximate surface area is 127 Å². The van der Waals surface area contributed by atoms with Crippen LogP contribution in [0, 0.1) is 0 Å². The number of carbonyl (C=O) groups excluding carboxylic acids is 1. The molecule has 1 aliphatic rings. The number of piperidine rings is 1. The number of nitrogens with zero attached hydrogens (tertiary/aromatic N) is 3. The van der Waals surface area contributed by atoms with Crippen molar-refractivity contribution < 1.29 is 9.53 Å². The SMILES string of the molecule is COCCC[C@H]1CCCCN1C(=O)c1cnn(C(C)C)c1. The normalized spacial score (nSPS) is 19.2. The molecule has 21 heavy (non-hydrogen) atoms. The molecule has 0 unspecified atom stereocenters. The predicted octanol–water partition coefficient (Wildman–Crippen LogP) is 2.89. The Morgan fingerprint density at radius 1 is 1.48 bits per heavy atom. The van der Waals surface area contributed by atoms with Gasteiger partial charge >= 0.3 is 0 Å². The highest BCUT2D eigenvalue weighted by molar-refractivity contribution is 5.94. The summed E-state index contributed by atoms with van der Waals surface area (Å²) >= 11 is 0. The van der Waals surface area contributed by atoms with Crippen LogP contribution in [0.3, 0.4) is 0 Å². The molecule has 1 aromatic heterocycles. The highest BCUT2D eigenvalue weighted by Crippen LogP contribution is 2.23. The van der Waals surface area contributed by atoms with E-state index in [1.165, 1.54) is 6.42 Å². The molecule has 2 rings (SSSR count). The molecule has 0 aromatic carbocycles. The zero-order chi connectivity index (χ0) is 15.2. The Morgan fingerprint density at radius 3 is 2.95 bits per heavy atom. The van der Waals surface area contributed by atoms with E-state index in [0.29, 0.717) is 11.6 Å². The molecular formula is C16H27N3O2. The molecule has 0 bridgehead atoms. The summed E-state index contributed by atoms with van der Waals surface area (Å²) in [4.78, 5) is 14.8. The smallest absolute Gasteiger partial charge is 0.257 e. The Balaban J connectivity index is 2.03. The van der Waals surface area contributed by atoms with Gasteiger partial charge in [-0.1, -0.05) is 0 Å². The number of rotatable bonds is 6. The molecule has 0 N–H and O–H groups in total. The molecule has 1 fully saturated rings. The van der Waals surface area contributed by atoms with Crippen LogP contribution < -0.4 is 0 Å². The van der Waals surface area contributed by atoms with Gasteiger partial charge in [0.2, 0.25) is 0 Å². The molecule has 5 nitrogen and oxygen atoms in total. The zero-order valence-electron chi connectivity index (χ0n) is 13.4. The molecule has 5 heteroatoms. The van der Waals surface area contributed by atoms with E-state index in [1.54, 1.807) is 13.3 Å². The first-order valence-corrected chi connectivity index (χ1v) is 7.97.